The largest absolute Gasteiger partial charge is 0.465 e. The zero-order valence-corrected chi connectivity index (χ0v) is 14.1. The summed E-state index contributed by atoms with van der Waals surface area (Å²) in [7, 11) is 1.33. The molecule has 0 aliphatic carbocycles. The first-order valence-corrected chi connectivity index (χ1v) is 8.73. The van der Waals surface area contributed by atoms with E-state index in [0.29, 0.717) is 16.3 Å². The highest BCUT2D eigenvalue weighted by Crippen LogP contribution is 2.22. The van der Waals surface area contributed by atoms with Crippen molar-refractivity contribution in [3.63, 3.8) is 0 Å². The number of benzene rings is 1. The van der Waals surface area contributed by atoms with Gasteiger partial charge in [0.2, 0.25) is 0 Å². The summed E-state index contributed by atoms with van der Waals surface area (Å²) in [6.07, 6.45) is 2.67. The van der Waals surface area contributed by atoms with Crippen molar-refractivity contribution in [2.45, 2.75) is 6.42 Å². The maximum Gasteiger partial charge on any atom is 0.348 e. The molecule has 0 radical (unpaired) electrons. The van der Waals surface area contributed by atoms with Crippen molar-refractivity contribution in [2.24, 2.45) is 0 Å². The van der Waals surface area contributed by atoms with Crippen molar-refractivity contribution < 1.29 is 14.3 Å². The van der Waals surface area contributed by atoms with E-state index in [-0.39, 0.29) is 5.91 Å². The number of hydrogen-bond donors (Lipinski definition) is 0. The van der Waals surface area contributed by atoms with E-state index in [4.69, 9.17) is 0 Å². The lowest BCUT2D eigenvalue weighted by molar-refractivity contribution is 0.0606. The second kappa shape index (κ2) is 8.00. The fourth-order valence-electron chi connectivity index (χ4n) is 1.94. The molecule has 0 aliphatic heterocycles. The lowest BCUT2D eigenvalue weighted by Crippen LogP contribution is -2.25. The van der Waals surface area contributed by atoms with Crippen LogP contribution in [0.4, 0.5) is 0 Å². The molecule has 0 saturated carbocycles. The fraction of sp³-hybridized carbons (Fsp3) is 0.250. The Labute approximate surface area is 138 Å². The average molecular weight is 335 g/mol. The first-order chi connectivity index (χ1) is 10.7. The summed E-state index contributed by atoms with van der Waals surface area (Å²) in [5.74, 6) is -0.493. The van der Waals surface area contributed by atoms with E-state index in [9.17, 15) is 9.59 Å². The van der Waals surface area contributed by atoms with Crippen LogP contribution in [-0.2, 0) is 11.2 Å². The molecule has 0 atom stereocenters. The van der Waals surface area contributed by atoms with Gasteiger partial charge in [-0.05, 0) is 24.1 Å². The number of carbonyl (C=O) groups excluding carboxylic acids is 2. The van der Waals surface area contributed by atoms with Gasteiger partial charge in [-0.15, -0.1) is 11.3 Å². The summed E-state index contributed by atoms with van der Waals surface area (Å²) in [6.45, 7) is 0.621. The molecule has 0 fully saturated rings. The van der Waals surface area contributed by atoms with Crippen LogP contribution in [-0.4, -0.2) is 36.1 Å². The standard InChI is InChI=1S/C16H17NO3S2/c1-20-16(19)14-9-8-13(22-14)15(18)17(21-2)11-10-12-6-4-3-5-7-12/h3-9H,10-11H2,1-2H3. The van der Waals surface area contributed by atoms with Crippen molar-refractivity contribution >= 4 is 35.2 Å². The first kappa shape index (κ1) is 16.6. The lowest BCUT2D eigenvalue weighted by Gasteiger charge is -2.18. The number of esters is 1. The molecule has 0 N–H and O–H groups in total. The van der Waals surface area contributed by atoms with Gasteiger partial charge in [-0.25, -0.2) is 4.79 Å². The highest BCUT2D eigenvalue weighted by molar-refractivity contribution is 7.96. The molecule has 1 aromatic heterocycles. The van der Waals surface area contributed by atoms with Crippen LogP contribution < -0.4 is 0 Å². The van der Waals surface area contributed by atoms with Crippen molar-refractivity contribution in [3.05, 3.63) is 57.8 Å². The molecule has 22 heavy (non-hydrogen) atoms. The number of amides is 1. The number of ether oxygens (including phenoxy) is 1. The molecule has 0 spiro atoms. The molecular formula is C16H17NO3S2. The van der Waals surface area contributed by atoms with Crippen molar-refractivity contribution in [1.82, 2.24) is 4.31 Å². The Bertz CT molecular complexity index is 640. The van der Waals surface area contributed by atoms with Gasteiger partial charge >= 0.3 is 5.97 Å². The molecule has 0 unspecified atom stereocenters. The van der Waals surface area contributed by atoms with E-state index >= 15 is 0 Å². The Morgan fingerprint density at radius 3 is 2.45 bits per heavy atom. The zero-order chi connectivity index (χ0) is 15.9. The average Bonchev–Trinajstić information content (AvgIpc) is 3.05. The van der Waals surface area contributed by atoms with Gasteiger partial charge in [0.25, 0.3) is 5.91 Å². The quantitative estimate of drug-likeness (QED) is 0.599. The third-order valence-corrected chi connectivity index (χ3v) is 4.94. The van der Waals surface area contributed by atoms with E-state index < -0.39 is 5.97 Å². The normalized spacial score (nSPS) is 10.3. The molecule has 4 nitrogen and oxygen atoms in total. The van der Waals surface area contributed by atoms with Crippen LogP contribution >= 0.6 is 23.3 Å². The number of rotatable bonds is 6. The lowest BCUT2D eigenvalue weighted by atomic mass is 10.1. The van der Waals surface area contributed by atoms with Gasteiger partial charge in [-0.2, -0.15) is 0 Å². The van der Waals surface area contributed by atoms with Crippen LogP contribution in [0.2, 0.25) is 0 Å². The van der Waals surface area contributed by atoms with E-state index in [0.717, 1.165) is 17.8 Å². The van der Waals surface area contributed by atoms with Gasteiger partial charge < -0.3 is 4.74 Å². The van der Waals surface area contributed by atoms with Gasteiger partial charge in [0.1, 0.15) is 4.88 Å². The highest BCUT2D eigenvalue weighted by atomic mass is 32.2. The summed E-state index contributed by atoms with van der Waals surface area (Å²) in [4.78, 5) is 24.9. The van der Waals surface area contributed by atoms with Crippen LogP contribution in [0.15, 0.2) is 42.5 Å². The summed E-state index contributed by atoms with van der Waals surface area (Å²) >= 11 is 2.55. The van der Waals surface area contributed by atoms with Crippen molar-refractivity contribution in [3.8, 4) is 0 Å². The summed E-state index contributed by atoms with van der Waals surface area (Å²) in [5.41, 5.74) is 1.19. The minimum absolute atomic E-state index is 0.0800. The zero-order valence-electron chi connectivity index (χ0n) is 12.4. The summed E-state index contributed by atoms with van der Waals surface area (Å²) < 4.78 is 6.37. The number of thiophene rings is 1. The molecule has 2 rings (SSSR count). The highest BCUT2D eigenvalue weighted by Gasteiger charge is 2.19. The van der Waals surface area contributed by atoms with Crippen molar-refractivity contribution in [1.29, 1.82) is 0 Å². The second-order valence-electron chi connectivity index (χ2n) is 4.48. The van der Waals surface area contributed by atoms with Gasteiger partial charge in [-0.1, -0.05) is 42.3 Å². The molecule has 0 aliphatic rings. The maximum absolute atomic E-state index is 12.5. The smallest absolute Gasteiger partial charge is 0.348 e. The predicted octanol–water partition coefficient (Wildman–Crippen LogP) is 3.50. The minimum Gasteiger partial charge on any atom is -0.465 e. The van der Waals surface area contributed by atoms with E-state index in [2.05, 4.69) is 4.74 Å². The van der Waals surface area contributed by atoms with E-state index in [1.54, 1.807) is 16.4 Å². The van der Waals surface area contributed by atoms with Crippen LogP contribution in [0.1, 0.15) is 24.9 Å². The van der Waals surface area contributed by atoms with Gasteiger partial charge in [0.05, 0.1) is 12.0 Å². The Morgan fingerprint density at radius 1 is 1.14 bits per heavy atom. The summed E-state index contributed by atoms with van der Waals surface area (Å²) in [5, 5.41) is 0. The van der Waals surface area contributed by atoms with Crippen LogP contribution in [0.5, 0.6) is 0 Å². The second-order valence-corrected chi connectivity index (χ2v) is 6.37. The molecule has 1 heterocycles. The van der Waals surface area contributed by atoms with E-state index in [1.165, 1.54) is 24.6 Å². The Kier molecular flexibility index (Phi) is 6.03. The fourth-order valence-corrected chi connectivity index (χ4v) is 3.41. The van der Waals surface area contributed by atoms with Crippen LogP contribution in [0.25, 0.3) is 0 Å². The monoisotopic (exact) mass is 335 g/mol. The third-order valence-electron chi connectivity index (χ3n) is 3.10. The molecule has 1 aromatic carbocycles. The Morgan fingerprint density at radius 2 is 1.82 bits per heavy atom. The number of methoxy groups -OCH3 is 1. The van der Waals surface area contributed by atoms with Gasteiger partial charge in [-0.3, -0.25) is 9.10 Å². The molecule has 6 heteroatoms. The van der Waals surface area contributed by atoms with Gasteiger partial charge in [0.15, 0.2) is 0 Å². The number of hydrogen-bond acceptors (Lipinski definition) is 5. The number of nitrogens with zero attached hydrogens (tertiary/aromatic N) is 1. The minimum atomic E-state index is -0.413. The summed E-state index contributed by atoms with van der Waals surface area (Å²) in [6, 6.07) is 13.3. The predicted molar refractivity (Wildman–Crippen MR) is 90.4 cm³/mol. The van der Waals surface area contributed by atoms with Crippen LogP contribution in [0.3, 0.4) is 0 Å². The molecule has 116 valence electrons. The molecule has 0 bridgehead atoms. The third kappa shape index (κ3) is 4.11. The molecule has 2 aromatic rings. The van der Waals surface area contributed by atoms with Gasteiger partial charge in [0, 0.05) is 12.8 Å². The molecular weight excluding hydrogens is 318 g/mol. The van der Waals surface area contributed by atoms with Crippen LogP contribution in [0, 0.1) is 0 Å². The Hall–Kier alpha value is -1.79. The van der Waals surface area contributed by atoms with Crippen molar-refractivity contribution in [2.75, 3.05) is 19.9 Å². The molecule has 1 amide bonds. The SMILES string of the molecule is COC(=O)c1ccc(C(=O)N(CCc2ccccc2)SC)s1. The van der Waals surface area contributed by atoms with E-state index in [1.807, 2.05) is 36.6 Å². The topological polar surface area (TPSA) is 46.6 Å². The molecule has 0 saturated heterocycles. The first-order valence-electron chi connectivity index (χ1n) is 6.73. The Balaban J connectivity index is 2.02. The maximum atomic E-state index is 12.5. The number of carbonyl (C=O) groups is 2.